The molecule has 5 aromatic carbocycles. The Morgan fingerprint density at radius 2 is 1.47 bits per heavy atom. The van der Waals surface area contributed by atoms with Gasteiger partial charge < -0.3 is 34.7 Å². The summed E-state index contributed by atoms with van der Waals surface area (Å²) >= 11 is 6.84. The van der Waals surface area contributed by atoms with E-state index >= 15 is 0 Å². The van der Waals surface area contributed by atoms with Gasteiger partial charge in [-0.2, -0.15) is 0 Å². The third-order valence-electron chi connectivity index (χ3n) is 11.0. The van der Waals surface area contributed by atoms with E-state index in [1.165, 1.54) is 25.6 Å². The van der Waals surface area contributed by atoms with E-state index in [4.69, 9.17) is 30.5 Å². The quantitative estimate of drug-likeness (QED) is 0.0532. The Hall–Kier alpha value is -6.69. The summed E-state index contributed by atoms with van der Waals surface area (Å²) < 4.78 is 23.4. The average molecular weight is 854 g/mol. The molecule has 0 saturated heterocycles. The number of nitrogens with zero attached hydrogens (tertiary/aromatic N) is 1. The molecule has 0 aliphatic heterocycles. The second-order valence-corrected chi connectivity index (χ2v) is 15.4. The van der Waals surface area contributed by atoms with Gasteiger partial charge in [0.1, 0.15) is 37.4 Å². The number of aromatic nitrogens is 1. The fourth-order valence-corrected chi connectivity index (χ4v) is 7.96. The van der Waals surface area contributed by atoms with E-state index in [1.807, 2.05) is 54.6 Å². The molecule has 3 N–H and O–H groups in total. The summed E-state index contributed by atoms with van der Waals surface area (Å²) in [4.78, 5) is 41.3. The number of pyridine rings is 1. The molecule has 318 valence electrons. The van der Waals surface area contributed by atoms with E-state index in [1.54, 1.807) is 12.1 Å². The highest BCUT2D eigenvalue weighted by atomic mass is 35.5. The molecule has 0 fully saturated rings. The number of halogens is 1. The Morgan fingerprint density at radius 1 is 0.774 bits per heavy atom. The normalized spacial score (nSPS) is 12.2. The van der Waals surface area contributed by atoms with E-state index < -0.39 is 24.1 Å². The predicted octanol–water partition coefficient (Wildman–Crippen LogP) is 9.91. The Kier molecular flexibility index (Phi) is 14.5. The minimum atomic E-state index is -1.10. The topological polar surface area (TPSA) is 145 Å². The largest absolute Gasteiger partial charge is 0.488 e. The van der Waals surface area contributed by atoms with Gasteiger partial charge in [-0.15, -0.1) is 0 Å². The van der Waals surface area contributed by atoms with Gasteiger partial charge in [0, 0.05) is 48.6 Å². The van der Waals surface area contributed by atoms with Crippen molar-refractivity contribution in [2.45, 2.75) is 57.9 Å². The zero-order valence-corrected chi connectivity index (χ0v) is 35.3. The van der Waals surface area contributed by atoms with Crippen molar-refractivity contribution in [3.05, 3.63) is 172 Å². The SMILES string of the molecule is COC(=O)[C@H](CCCCNC(=O)OCC1c2ccccc2-c2ccccc21)NCc1cc(Cl)c(OCc2cccc(-c3ccccc3)c2C)cc1OCc1cncc(C(=O)O)c1. The number of amides is 1. The van der Waals surface area contributed by atoms with Crippen LogP contribution in [0.15, 0.2) is 128 Å². The Morgan fingerprint density at radius 3 is 2.19 bits per heavy atom. The van der Waals surface area contributed by atoms with Crippen molar-refractivity contribution in [2.75, 3.05) is 20.3 Å². The fourth-order valence-electron chi connectivity index (χ4n) is 7.72. The third kappa shape index (κ3) is 10.6. The summed E-state index contributed by atoms with van der Waals surface area (Å²) in [6, 6.07) is 36.9. The molecule has 1 aromatic heterocycles. The van der Waals surface area contributed by atoms with Crippen LogP contribution in [0.5, 0.6) is 11.5 Å². The van der Waals surface area contributed by atoms with E-state index in [2.05, 4.69) is 65.0 Å². The molecule has 1 amide bonds. The van der Waals surface area contributed by atoms with Crippen LogP contribution in [-0.4, -0.2) is 54.4 Å². The summed E-state index contributed by atoms with van der Waals surface area (Å²) in [6.07, 6.45) is 3.95. The van der Waals surface area contributed by atoms with Gasteiger partial charge in [-0.25, -0.2) is 9.59 Å². The number of carbonyl (C=O) groups excluding carboxylic acids is 2. The molecule has 1 aliphatic rings. The maximum absolute atomic E-state index is 13.0. The monoisotopic (exact) mass is 853 g/mol. The van der Waals surface area contributed by atoms with E-state index in [-0.39, 0.29) is 37.8 Å². The van der Waals surface area contributed by atoms with Crippen LogP contribution in [-0.2, 0) is 34.0 Å². The first kappa shape index (κ1) is 43.4. The van der Waals surface area contributed by atoms with E-state index in [9.17, 15) is 19.5 Å². The zero-order valence-electron chi connectivity index (χ0n) is 34.6. The number of alkyl carbamates (subject to hydrolysis) is 1. The van der Waals surface area contributed by atoms with Crippen LogP contribution in [0, 0.1) is 6.92 Å². The third-order valence-corrected chi connectivity index (χ3v) is 11.3. The summed E-state index contributed by atoms with van der Waals surface area (Å²) in [5, 5.41) is 16.0. The lowest BCUT2D eigenvalue weighted by molar-refractivity contribution is -0.143. The van der Waals surface area contributed by atoms with Gasteiger partial charge in [0.2, 0.25) is 0 Å². The van der Waals surface area contributed by atoms with E-state index in [0.717, 1.165) is 44.5 Å². The maximum Gasteiger partial charge on any atom is 0.407 e. The molecule has 0 unspecified atom stereocenters. The van der Waals surface area contributed by atoms with Crippen molar-refractivity contribution in [3.8, 4) is 33.8 Å². The molecule has 1 heterocycles. The molecule has 0 radical (unpaired) electrons. The Bertz CT molecular complexity index is 2490. The lowest BCUT2D eigenvalue weighted by Gasteiger charge is -2.20. The summed E-state index contributed by atoms with van der Waals surface area (Å²) in [7, 11) is 1.34. The first-order chi connectivity index (χ1) is 30.2. The van der Waals surface area contributed by atoms with Gasteiger partial charge in [0.05, 0.1) is 17.7 Å². The van der Waals surface area contributed by atoms with Crippen LogP contribution in [0.4, 0.5) is 4.79 Å². The Balaban J connectivity index is 0.968. The number of aromatic carboxylic acids is 1. The first-order valence-corrected chi connectivity index (χ1v) is 20.9. The highest BCUT2D eigenvalue weighted by molar-refractivity contribution is 6.32. The highest BCUT2D eigenvalue weighted by Gasteiger charge is 2.29. The molecule has 7 rings (SSSR count). The number of carbonyl (C=O) groups is 3. The first-order valence-electron chi connectivity index (χ1n) is 20.5. The molecule has 0 bridgehead atoms. The molecule has 62 heavy (non-hydrogen) atoms. The zero-order chi connectivity index (χ0) is 43.4. The van der Waals surface area contributed by atoms with Gasteiger partial charge in [0.25, 0.3) is 0 Å². The van der Waals surface area contributed by atoms with Crippen molar-refractivity contribution in [2.24, 2.45) is 0 Å². The standard InChI is InChI=1S/C50H48ClN3O8/c1-32-35(15-12-20-38(32)34-13-4-3-5-14-34)30-61-47-25-46(60-29-33-23-37(48(55)56)27-52-26-33)36(24-44(47)51)28-54-45(49(57)59-2)21-10-11-22-53-50(58)62-31-43-41-18-8-6-16-39(41)40-17-7-9-19-42(40)43/h3-9,12-20,23-27,43,45,54H,10-11,21-22,28-31H2,1-2H3,(H,53,58)(H,55,56)/t45-/m0/s1. The van der Waals surface area contributed by atoms with Crippen molar-refractivity contribution < 1.29 is 38.4 Å². The van der Waals surface area contributed by atoms with Crippen molar-refractivity contribution in [1.29, 1.82) is 0 Å². The molecule has 1 atom stereocenters. The van der Waals surface area contributed by atoms with Crippen LogP contribution in [0.1, 0.15) is 68.9 Å². The summed E-state index contributed by atoms with van der Waals surface area (Å²) in [6.45, 7) is 3.09. The number of fused-ring (bicyclic) bond motifs is 3. The van der Waals surface area contributed by atoms with Crippen molar-refractivity contribution >= 4 is 29.6 Å². The number of carboxylic acid groups (broad SMARTS) is 1. The molecule has 0 spiro atoms. The number of benzene rings is 5. The average Bonchev–Trinajstić information content (AvgIpc) is 3.62. The van der Waals surface area contributed by atoms with Crippen LogP contribution >= 0.6 is 11.6 Å². The number of hydrogen-bond donors (Lipinski definition) is 3. The van der Waals surface area contributed by atoms with Gasteiger partial charge >= 0.3 is 18.0 Å². The summed E-state index contributed by atoms with van der Waals surface area (Å²) in [5.41, 5.74) is 10.1. The lowest BCUT2D eigenvalue weighted by Crippen LogP contribution is -2.37. The van der Waals surface area contributed by atoms with Crippen molar-refractivity contribution in [3.63, 3.8) is 0 Å². The second kappa shape index (κ2) is 20.7. The minimum Gasteiger partial charge on any atom is -0.488 e. The van der Waals surface area contributed by atoms with Crippen LogP contribution in [0.25, 0.3) is 22.3 Å². The number of methoxy groups -OCH3 is 1. The van der Waals surface area contributed by atoms with Crippen LogP contribution < -0.4 is 20.1 Å². The minimum absolute atomic E-state index is 0.0114. The maximum atomic E-state index is 13.0. The predicted molar refractivity (Wildman–Crippen MR) is 237 cm³/mol. The number of hydrogen-bond acceptors (Lipinski definition) is 9. The highest BCUT2D eigenvalue weighted by Crippen LogP contribution is 2.44. The van der Waals surface area contributed by atoms with Gasteiger partial charge in [-0.3, -0.25) is 9.78 Å². The lowest BCUT2D eigenvalue weighted by atomic mass is 9.97. The molecule has 12 heteroatoms. The summed E-state index contributed by atoms with van der Waals surface area (Å²) in [5.74, 6) is -0.756. The van der Waals surface area contributed by atoms with Gasteiger partial charge in [-0.1, -0.05) is 109 Å². The number of unbranched alkanes of at least 4 members (excludes halogenated alkanes) is 1. The molecular formula is C50H48ClN3O8. The molecule has 1 aliphatic carbocycles. The van der Waals surface area contributed by atoms with E-state index in [0.29, 0.717) is 53.5 Å². The number of ether oxygens (including phenoxy) is 4. The number of esters is 1. The van der Waals surface area contributed by atoms with Crippen LogP contribution in [0.2, 0.25) is 5.02 Å². The molecular weight excluding hydrogens is 806 g/mol. The molecule has 6 aromatic rings. The Labute approximate surface area is 366 Å². The molecule has 11 nitrogen and oxygen atoms in total. The van der Waals surface area contributed by atoms with Crippen molar-refractivity contribution in [1.82, 2.24) is 15.6 Å². The number of carboxylic acids is 1. The smallest absolute Gasteiger partial charge is 0.407 e. The number of nitrogens with one attached hydrogen (secondary N) is 2. The van der Waals surface area contributed by atoms with Gasteiger partial charge in [-0.05, 0) is 82.8 Å². The molecule has 0 saturated carbocycles. The second-order valence-electron chi connectivity index (χ2n) is 15.0. The fraction of sp³-hybridized carbons (Fsp3) is 0.240. The van der Waals surface area contributed by atoms with Gasteiger partial charge in [0.15, 0.2) is 0 Å². The van der Waals surface area contributed by atoms with Crippen LogP contribution in [0.3, 0.4) is 0 Å². The number of rotatable bonds is 19.